The van der Waals surface area contributed by atoms with E-state index < -0.39 is 12.4 Å². The largest absolute Gasteiger partial charge is 0.495 e. The van der Waals surface area contributed by atoms with E-state index in [1.807, 2.05) is 0 Å². The number of benzene rings is 1. The van der Waals surface area contributed by atoms with Gasteiger partial charge >= 0.3 is 6.61 Å². The number of alkyl halides is 2. The molecular weight excluding hydrogens is 297 g/mol. The van der Waals surface area contributed by atoms with Crippen molar-refractivity contribution in [2.45, 2.75) is 6.61 Å². The molecule has 8 heteroatoms. The molecule has 0 amide bonds. The molecule has 0 fully saturated rings. The number of ether oxygens (including phenoxy) is 2. The van der Waals surface area contributed by atoms with Gasteiger partial charge in [-0.25, -0.2) is 9.07 Å². The molecule has 1 aromatic carbocycles. The zero-order chi connectivity index (χ0) is 14.9. The molecule has 0 atom stereocenters. The number of rotatable bonds is 4. The third kappa shape index (κ3) is 2.82. The van der Waals surface area contributed by atoms with E-state index in [0.717, 1.165) is 10.7 Å². The van der Waals surface area contributed by atoms with E-state index in [0.29, 0.717) is 0 Å². The van der Waals surface area contributed by atoms with Gasteiger partial charge in [-0.3, -0.25) is 0 Å². The van der Waals surface area contributed by atoms with Crippen molar-refractivity contribution in [2.75, 3.05) is 7.11 Å². The molecule has 0 N–H and O–H groups in total. The highest BCUT2D eigenvalue weighted by molar-refractivity contribution is 6.32. The van der Waals surface area contributed by atoms with Crippen molar-refractivity contribution in [1.29, 1.82) is 0 Å². The smallest absolute Gasteiger partial charge is 0.388 e. The number of nitrogens with zero attached hydrogens (tertiary/aromatic N) is 2. The van der Waals surface area contributed by atoms with Gasteiger partial charge < -0.3 is 9.47 Å². The van der Waals surface area contributed by atoms with Crippen LogP contribution in [0.5, 0.6) is 11.6 Å². The van der Waals surface area contributed by atoms with Crippen LogP contribution in [0.3, 0.4) is 0 Å². The molecule has 2 rings (SSSR count). The molecule has 0 radical (unpaired) electrons. The Morgan fingerprint density at radius 1 is 1.30 bits per heavy atom. The van der Waals surface area contributed by atoms with E-state index in [1.54, 1.807) is 0 Å². The maximum absolute atomic E-state index is 13.9. The molecule has 0 spiro atoms. The molecule has 0 saturated heterocycles. The zero-order valence-electron chi connectivity index (χ0n) is 10.5. The van der Waals surface area contributed by atoms with Crippen LogP contribution in [0, 0.1) is 5.82 Å². The summed E-state index contributed by atoms with van der Waals surface area (Å²) in [5.74, 6) is -0.564. The molecule has 0 bridgehead atoms. The molecule has 0 aliphatic rings. The first-order valence-electron chi connectivity index (χ1n) is 5.44. The SMILES string of the molecule is COc1cc(-c2cc(OC(F)F)n(C)n2)c(F)cc1Cl. The summed E-state index contributed by atoms with van der Waals surface area (Å²) >= 11 is 5.78. The van der Waals surface area contributed by atoms with Gasteiger partial charge in [-0.15, -0.1) is 0 Å². The maximum Gasteiger partial charge on any atom is 0.388 e. The van der Waals surface area contributed by atoms with Crippen molar-refractivity contribution in [1.82, 2.24) is 9.78 Å². The van der Waals surface area contributed by atoms with Crippen molar-refractivity contribution >= 4 is 11.6 Å². The van der Waals surface area contributed by atoms with Gasteiger partial charge in [0.2, 0.25) is 5.88 Å². The summed E-state index contributed by atoms with van der Waals surface area (Å²) in [7, 11) is 2.79. The third-order valence-corrected chi connectivity index (χ3v) is 2.86. The lowest BCUT2D eigenvalue weighted by molar-refractivity contribution is -0.0553. The zero-order valence-corrected chi connectivity index (χ0v) is 11.3. The van der Waals surface area contributed by atoms with Gasteiger partial charge in [0.1, 0.15) is 11.6 Å². The van der Waals surface area contributed by atoms with E-state index in [2.05, 4.69) is 9.84 Å². The molecule has 0 aliphatic heterocycles. The monoisotopic (exact) mass is 306 g/mol. The molecule has 0 aliphatic carbocycles. The Kier molecular flexibility index (Phi) is 4.08. The Labute approximate surface area is 117 Å². The van der Waals surface area contributed by atoms with Crippen LogP contribution in [0.15, 0.2) is 18.2 Å². The number of aromatic nitrogens is 2. The Balaban J connectivity index is 2.46. The Bertz CT molecular complexity index is 631. The quantitative estimate of drug-likeness (QED) is 0.867. The van der Waals surface area contributed by atoms with Crippen molar-refractivity contribution in [3.63, 3.8) is 0 Å². The summed E-state index contributed by atoms with van der Waals surface area (Å²) in [6.07, 6.45) is 0. The first kappa shape index (κ1) is 14.5. The average Bonchev–Trinajstić information content (AvgIpc) is 2.70. The Morgan fingerprint density at radius 3 is 2.60 bits per heavy atom. The molecule has 1 aromatic heterocycles. The highest BCUT2D eigenvalue weighted by Gasteiger charge is 2.17. The van der Waals surface area contributed by atoms with Gasteiger partial charge in [-0.1, -0.05) is 11.6 Å². The predicted octanol–water partition coefficient (Wildman–Crippen LogP) is 3.49. The Hall–Kier alpha value is -1.89. The van der Waals surface area contributed by atoms with Crippen LogP contribution in [0.25, 0.3) is 11.3 Å². The molecule has 2 aromatic rings. The second kappa shape index (κ2) is 5.62. The summed E-state index contributed by atoms with van der Waals surface area (Å²) in [5.41, 5.74) is 0.210. The lowest BCUT2D eigenvalue weighted by atomic mass is 10.1. The molecule has 4 nitrogen and oxygen atoms in total. The average molecular weight is 307 g/mol. The van der Waals surface area contributed by atoms with Crippen LogP contribution in [0.2, 0.25) is 5.02 Å². The van der Waals surface area contributed by atoms with Crippen LogP contribution in [0.4, 0.5) is 13.2 Å². The minimum absolute atomic E-state index is 0.0750. The highest BCUT2D eigenvalue weighted by atomic mass is 35.5. The molecular formula is C12H10ClF3N2O2. The van der Waals surface area contributed by atoms with Gasteiger partial charge in [-0.05, 0) is 12.1 Å². The second-order valence-corrected chi connectivity index (χ2v) is 4.24. The van der Waals surface area contributed by atoms with Crippen LogP contribution in [-0.4, -0.2) is 23.5 Å². The lowest BCUT2D eigenvalue weighted by Crippen LogP contribution is -2.05. The summed E-state index contributed by atoms with van der Waals surface area (Å²) < 4.78 is 48.6. The molecule has 0 unspecified atom stereocenters. The summed E-state index contributed by atoms with van der Waals surface area (Å²) in [6, 6.07) is 3.61. The third-order valence-electron chi connectivity index (χ3n) is 2.56. The topological polar surface area (TPSA) is 36.3 Å². The van der Waals surface area contributed by atoms with E-state index >= 15 is 0 Å². The van der Waals surface area contributed by atoms with Crippen LogP contribution < -0.4 is 9.47 Å². The summed E-state index contributed by atoms with van der Waals surface area (Å²) in [6.45, 7) is -2.98. The second-order valence-electron chi connectivity index (χ2n) is 3.84. The molecule has 20 heavy (non-hydrogen) atoms. The number of hydrogen-bond donors (Lipinski definition) is 0. The number of methoxy groups -OCH3 is 1. The highest BCUT2D eigenvalue weighted by Crippen LogP contribution is 2.33. The minimum atomic E-state index is -2.98. The first-order chi connectivity index (χ1) is 9.42. The standard InChI is InChI=1S/C12H10ClF3N2O2/c1-18-11(20-12(15)16)5-9(17-18)6-3-10(19-2)7(13)4-8(6)14/h3-5,12H,1-2H3. The minimum Gasteiger partial charge on any atom is -0.495 e. The number of halogens is 4. The Morgan fingerprint density at radius 2 is 2.00 bits per heavy atom. The fraction of sp³-hybridized carbons (Fsp3) is 0.250. The van der Waals surface area contributed by atoms with E-state index in [-0.39, 0.29) is 27.9 Å². The van der Waals surface area contributed by atoms with Crippen LogP contribution in [0.1, 0.15) is 0 Å². The van der Waals surface area contributed by atoms with Crippen LogP contribution in [-0.2, 0) is 7.05 Å². The van der Waals surface area contributed by atoms with E-state index in [4.69, 9.17) is 16.3 Å². The van der Waals surface area contributed by atoms with Gasteiger partial charge in [0.15, 0.2) is 0 Å². The maximum atomic E-state index is 13.9. The number of aryl methyl sites for hydroxylation is 1. The fourth-order valence-corrected chi connectivity index (χ4v) is 1.89. The molecule has 0 saturated carbocycles. The van der Waals surface area contributed by atoms with Gasteiger partial charge in [0, 0.05) is 18.7 Å². The van der Waals surface area contributed by atoms with Crippen molar-refractivity contribution in [2.24, 2.45) is 7.05 Å². The summed E-state index contributed by atoms with van der Waals surface area (Å²) in [5, 5.41) is 4.02. The van der Waals surface area contributed by atoms with E-state index in [9.17, 15) is 13.2 Å². The number of hydrogen-bond acceptors (Lipinski definition) is 3. The normalized spacial score (nSPS) is 10.9. The summed E-state index contributed by atoms with van der Waals surface area (Å²) in [4.78, 5) is 0. The van der Waals surface area contributed by atoms with Gasteiger partial charge in [-0.2, -0.15) is 13.9 Å². The van der Waals surface area contributed by atoms with Gasteiger partial charge in [0.05, 0.1) is 17.8 Å². The van der Waals surface area contributed by atoms with Gasteiger partial charge in [0.25, 0.3) is 0 Å². The molecule has 1 heterocycles. The lowest BCUT2D eigenvalue weighted by Gasteiger charge is -2.06. The predicted molar refractivity (Wildman–Crippen MR) is 66.8 cm³/mol. The van der Waals surface area contributed by atoms with E-state index in [1.165, 1.54) is 26.3 Å². The fourth-order valence-electron chi connectivity index (χ4n) is 1.67. The molecule has 108 valence electrons. The first-order valence-corrected chi connectivity index (χ1v) is 5.82. The van der Waals surface area contributed by atoms with Crippen molar-refractivity contribution < 1.29 is 22.6 Å². The van der Waals surface area contributed by atoms with Crippen molar-refractivity contribution in [3.05, 3.63) is 29.0 Å². The van der Waals surface area contributed by atoms with Crippen molar-refractivity contribution in [3.8, 4) is 22.9 Å². The van der Waals surface area contributed by atoms with Crippen LogP contribution >= 0.6 is 11.6 Å².